The van der Waals surface area contributed by atoms with E-state index in [1.165, 1.54) is 0 Å². The van der Waals surface area contributed by atoms with Crippen molar-refractivity contribution >= 4 is 0 Å². The summed E-state index contributed by atoms with van der Waals surface area (Å²) in [5.74, 6) is 0. The van der Waals surface area contributed by atoms with Crippen LogP contribution in [-0.2, 0) is 6.54 Å². The smallest absolute Gasteiger partial charge is 0.124 e. The van der Waals surface area contributed by atoms with Crippen molar-refractivity contribution in [3.05, 3.63) is 18.0 Å². The maximum atomic E-state index is 4.70. The third kappa shape index (κ3) is 4.65. The van der Waals surface area contributed by atoms with Gasteiger partial charge in [0.1, 0.15) is 6.26 Å². The molecule has 0 aliphatic heterocycles. The van der Waals surface area contributed by atoms with E-state index in [1.807, 2.05) is 6.07 Å². The van der Waals surface area contributed by atoms with Crippen molar-refractivity contribution < 1.29 is 4.52 Å². The predicted octanol–water partition coefficient (Wildman–Crippen LogP) is 0.762. The molecular weight excluding hydrogens is 166 g/mol. The van der Waals surface area contributed by atoms with Crippen LogP contribution in [0.2, 0.25) is 0 Å². The summed E-state index contributed by atoms with van der Waals surface area (Å²) in [5.41, 5.74) is 0.949. The lowest BCUT2D eigenvalue weighted by atomic mass is 10.4. The first kappa shape index (κ1) is 10.2. The summed E-state index contributed by atoms with van der Waals surface area (Å²) < 4.78 is 4.70. The van der Waals surface area contributed by atoms with Crippen LogP contribution in [-0.4, -0.2) is 24.3 Å². The zero-order chi connectivity index (χ0) is 9.52. The molecule has 1 aromatic rings. The Hall–Kier alpha value is -0.870. The highest BCUT2D eigenvalue weighted by molar-refractivity contribution is 4.93. The van der Waals surface area contributed by atoms with Crippen molar-refractivity contribution in [2.24, 2.45) is 0 Å². The fourth-order valence-corrected chi connectivity index (χ4v) is 0.994. The SMILES string of the molecule is CC(C)NCCNCc1ccon1. The molecule has 0 aliphatic rings. The number of nitrogens with zero attached hydrogens (tertiary/aromatic N) is 1. The number of nitrogens with one attached hydrogen (secondary N) is 2. The quantitative estimate of drug-likeness (QED) is 0.639. The normalized spacial score (nSPS) is 11.0. The Morgan fingerprint density at radius 2 is 2.31 bits per heavy atom. The van der Waals surface area contributed by atoms with Crippen LogP contribution in [0.5, 0.6) is 0 Å². The van der Waals surface area contributed by atoms with Crippen LogP contribution in [0.3, 0.4) is 0 Å². The molecule has 1 rings (SSSR count). The van der Waals surface area contributed by atoms with E-state index in [2.05, 4.69) is 29.6 Å². The second-order valence-corrected chi connectivity index (χ2v) is 3.28. The van der Waals surface area contributed by atoms with Crippen LogP contribution in [0.4, 0.5) is 0 Å². The molecule has 0 saturated carbocycles. The lowest BCUT2D eigenvalue weighted by Gasteiger charge is -2.07. The summed E-state index contributed by atoms with van der Waals surface area (Å²) in [5, 5.41) is 10.4. The van der Waals surface area contributed by atoms with E-state index in [0.29, 0.717) is 6.04 Å². The lowest BCUT2D eigenvalue weighted by molar-refractivity contribution is 0.408. The summed E-state index contributed by atoms with van der Waals surface area (Å²) in [7, 11) is 0. The Morgan fingerprint density at radius 3 is 2.92 bits per heavy atom. The van der Waals surface area contributed by atoms with E-state index in [4.69, 9.17) is 4.52 Å². The van der Waals surface area contributed by atoms with E-state index in [0.717, 1.165) is 25.3 Å². The van der Waals surface area contributed by atoms with Crippen molar-refractivity contribution in [2.75, 3.05) is 13.1 Å². The molecule has 0 spiro atoms. The molecule has 0 atom stereocenters. The van der Waals surface area contributed by atoms with Gasteiger partial charge in [0.15, 0.2) is 0 Å². The second kappa shape index (κ2) is 5.72. The van der Waals surface area contributed by atoms with Crippen LogP contribution >= 0.6 is 0 Å². The molecule has 0 aliphatic carbocycles. The van der Waals surface area contributed by atoms with Crippen molar-refractivity contribution in [1.29, 1.82) is 0 Å². The lowest BCUT2D eigenvalue weighted by Crippen LogP contribution is -2.31. The molecule has 1 heterocycles. The van der Waals surface area contributed by atoms with Crippen LogP contribution in [0.15, 0.2) is 16.9 Å². The molecule has 0 bridgehead atoms. The van der Waals surface area contributed by atoms with Crippen LogP contribution < -0.4 is 10.6 Å². The van der Waals surface area contributed by atoms with Gasteiger partial charge in [-0.3, -0.25) is 0 Å². The second-order valence-electron chi connectivity index (χ2n) is 3.28. The van der Waals surface area contributed by atoms with Gasteiger partial charge in [0.25, 0.3) is 0 Å². The third-order valence-electron chi connectivity index (χ3n) is 1.65. The Kier molecular flexibility index (Phi) is 4.49. The standard InChI is InChI=1S/C9H17N3O/c1-8(2)11-5-4-10-7-9-3-6-13-12-9/h3,6,8,10-11H,4-5,7H2,1-2H3. The predicted molar refractivity (Wildman–Crippen MR) is 51.3 cm³/mol. The van der Waals surface area contributed by atoms with E-state index in [1.54, 1.807) is 6.26 Å². The number of aromatic nitrogens is 1. The van der Waals surface area contributed by atoms with E-state index >= 15 is 0 Å². The van der Waals surface area contributed by atoms with Crippen molar-refractivity contribution in [3.63, 3.8) is 0 Å². The molecule has 1 aromatic heterocycles. The largest absolute Gasteiger partial charge is 0.364 e. The molecule has 2 N–H and O–H groups in total. The Bertz CT molecular complexity index is 209. The van der Waals surface area contributed by atoms with Gasteiger partial charge in [-0.25, -0.2) is 0 Å². The highest BCUT2D eigenvalue weighted by atomic mass is 16.5. The van der Waals surface area contributed by atoms with Gasteiger partial charge in [-0.15, -0.1) is 0 Å². The highest BCUT2D eigenvalue weighted by Gasteiger charge is 1.95. The van der Waals surface area contributed by atoms with Crippen LogP contribution in [0.25, 0.3) is 0 Å². The molecule has 0 radical (unpaired) electrons. The Morgan fingerprint density at radius 1 is 1.46 bits per heavy atom. The first-order chi connectivity index (χ1) is 6.29. The van der Waals surface area contributed by atoms with E-state index in [9.17, 15) is 0 Å². The first-order valence-corrected chi connectivity index (χ1v) is 4.62. The highest BCUT2D eigenvalue weighted by Crippen LogP contribution is 1.91. The average Bonchev–Trinajstić information content (AvgIpc) is 2.55. The van der Waals surface area contributed by atoms with E-state index in [-0.39, 0.29) is 0 Å². The molecule has 0 fully saturated rings. The minimum Gasteiger partial charge on any atom is -0.364 e. The summed E-state index contributed by atoms with van der Waals surface area (Å²) in [6.45, 7) is 6.98. The number of hydrogen-bond acceptors (Lipinski definition) is 4. The molecule has 0 aromatic carbocycles. The summed E-state index contributed by atoms with van der Waals surface area (Å²) >= 11 is 0. The minimum atomic E-state index is 0.550. The van der Waals surface area contributed by atoms with Gasteiger partial charge in [-0.2, -0.15) is 0 Å². The van der Waals surface area contributed by atoms with E-state index < -0.39 is 0 Å². The number of hydrogen-bond donors (Lipinski definition) is 2. The summed E-state index contributed by atoms with van der Waals surface area (Å²) in [6.07, 6.45) is 1.59. The van der Waals surface area contributed by atoms with Gasteiger partial charge in [-0.05, 0) is 0 Å². The topological polar surface area (TPSA) is 50.1 Å². The first-order valence-electron chi connectivity index (χ1n) is 4.62. The van der Waals surface area contributed by atoms with Gasteiger partial charge < -0.3 is 15.2 Å². The monoisotopic (exact) mass is 183 g/mol. The molecule has 74 valence electrons. The van der Waals surface area contributed by atoms with Crippen LogP contribution in [0.1, 0.15) is 19.5 Å². The summed E-state index contributed by atoms with van der Waals surface area (Å²) in [6, 6.07) is 2.41. The van der Waals surface area contributed by atoms with Gasteiger partial charge >= 0.3 is 0 Å². The molecule has 0 amide bonds. The van der Waals surface area contributed by atoms with Gasteiger partial charge in [0, 0.05) is 31.7 Å². The fourth-order valence-electron chi connectivity index (χ4n) is 0.994. The molecule has 4 heteroatoms. The average molecular weight is 183 g/mol. The Balaban J connectivity index is 1.96. The van der Waals surface area contributed by atoms with Crippen molar-refractivity contribution in [2.45, 2.75) is 26.4 Å². The number of rotatable bonds is 6. The van der Waals surface area contributed by atoms with Gasteiger partial charge in [0.2, 0.25) is 0 Å². The minimum absolute atomic E-state index is 0.550. The Labute approximate surface area is 78.7 Å². The molecule has 4 nitrogen and oxygen atoms in total. The third-order valence-corrected chi connectivity index (χ3v) is 1.65. The van der Waals surface area contributed by atoms with Crippen molar-refractivity contribution in [1.82, 2.24) is 15.8 Å². The maximum absolute atomic E-state index is 4.70. The molecule has 13 heavy (non-hydrogen) atoms. The maximum Gasteiger partial charge on any atom is 0.124 e. The molecular formula is C9H17N3O. The molecule has 0 saturated heterocycles. The van der Waals surface area contributed by atoms with Crippen molar-refractivity contribution in [3.8, 4) is 0 Å². The summed E-state index contributed by atoms with van der Waals surface area (Å²) in [4.78, 5) is 0. The van der Waals surface area contributed by atoms with Crippen LogP contribution in [0, 0.1) is 0 Å². The van der Waals surface area contributed by atoms with Gasteiger partial charge in [0.05, 0.1) is 5.69 Å². The van der Waals surface area contributed by atoms with Gasteiger partial charge in [-0.1, -0.05) is 19.0 Å². The fraction of sp³-hybridized carbons (Fsp3) is 0.667. The zero-order valence-corrected chi connectivity index (χ0v) is 8.21. The zero-order valence-electron chi connectivity index (χ0n) is 8.21. The molecule has 0 unspecified atom stereocenters.